The largest absolute Gasteiger partial charge is 0.294 e. The fourth-order valence-corrected chi connectivity index (χ4v) is 3.46. The van der Waals surface area contributed by atoms with Gasteiger partial charge in [-0.1, -0.05) is 64.8 Å². The summed E-state index contributed by atoms with van der Waals surface area (Å²) < 4.78 is 0. The van der Waals surface area contributed by atoms with Gasteiger partial charge in [0.1, 0.15) is 0 Å². The van der Waals surface area contributed by atoms with Crippen LogP contribution in [0, 0.1) is 17.3 Å². The first-order valence-electron chi connectivity index (χ1n) is 8.03. The van der Waals surface area contributed by atoms with Gasteiger partial charge >= 0.3 is 0 Å². The minimum absolute atomic E-state index is 0.159. The Labute approximate surface area is 123 Å². The van der Waals surface area contributed by atoms with Crippen molar-refractivity contribution in [3.63, 3.8) is 0 Å². The Morgan fingerprint density at radius 3 is 2.40 bits per heavy atom. The minimum Gasteiger partial charge on any atom is -0.294 e. The lowest BCUT2D eigenvalue weighted by Gasteiger charge is -2.37. The lowest BCUT2D eigenvalue weighted by Crippen LogP contribution is -2.34. The second kappa shape index (κ2) is 6.11. The molecule has 0 radical (unpaired) electrons. The van der Waals surface area contributed by atoms with Gasteiger partial charge in [0.25, 0.3) is 0 Å². The summed E-state index contributed by atoms with van der Waals surface area (Å²) in [4.78, 5) is 12.7. The van der Waals surface area contributed by atoms with E-state index in [2.05, 4.69) is 39.8 Å². The minimum atomic E-state index is 0.159. The van der Waals surface area contributed by atoms with Gasteiger partial charge in [-0.3, -0.25) is 4.79 Å². The summed E-state index contributed by atoms with van der Waals surface area (Å²) in [5.74, 6) is 1.21. The van der Waals surface area contributed by atoms with Crippen molar-refractivity contribution in [1.29, 1.82) is 0 Å². The highest BCUT2D eigenvalue weighted by Crippen LogP contribution is 2.42. The van der Waals surface area contributed by atoms with E-state index < -0.39 is 0 Å². The molecular weight excluding hydrogens is 244 g/mol. The molecule has 0 bridgehead atoms. The van der Waals surface area contributed by atoms with Crippen LogP contribution in [0.5, 0.6) is 0 Å². The van der Waals surface area contributed by atoms with Gasteiger partial charge in [0.05, 0.1) is 0 Å². The molecule has 0 heterocycles. The quantitative estimate of drug-likeness (QED) is 0.681. The number of Topliss-reactive ketones (excluding diaryl/α,β-unsaturated/α-hetero) is 1. The van der Waals surface area contributed by atoms with Crippen LogP contribution in [0.3, 0.4) is 0 Å². The van der Waals surface area contributed by atoms with E-state index in [9.17, 15) is 4.79 Å². The molecule has 0 aliphatic heterocycles. The summed E-state index contributed by atoms with van der Waals surface area (Å²) in [5.41, 5.74) is 2.39. The van der Waals surface area contributed by atoms with Gasteiger partial charge in [-0.2, -0.15) is 0 Å². The van der Waals surface area contributed by atoms with E-state index in [0.29, 0.717) is 11.7 Å². The highest BCUT2D eigenvalue weighted by molar-refractivity contribution is 5.98. The topological polar surface area (TPSA) is 17.1 Å². The Kier molecular flexibility index (Phi) is 4.67. The Morgan fingerprint density at radius 2 is 1.85 bits per heavy atom. The Hall–Kier alpha value is -1.11. The summed E-state index contributed by atoms with van der Waals surface area (Å²) >= 11 is 0. The fraction of sp³-hybridized carbons (Fsp3) is 0.632. The van der Waals surface area contributed by atoms with Crippen molar-refractivity contribution in [3.05, 3.63) is 35.4 Å². The number of carbonyl (C=O) groups excluding carboxylic acids is 1. The zero-order chi connectivity index (χ0) is 14.8. The number of benzene rings is 1. The predicted octanol–water partition coefficient (Wildman–Crippen LogP) is 5.28. The monoisotopic (exact) mass is 272 g/mol. The molecule has 0 spiro atoms. The van der Waals surface area contributed by atoms with E-state index in [1.165, 1.54) is 24.8 Å². The van der Waals surface area contributed by atoms with E-state index >= 15 is 0 Å². The van der Waals surface area contributed by atoms with Gasteiger partial charge in [-0.05, 0) is 36.2 Å². The molecular formula is C19H28O. The third-order valence-corrected chi connectivity index (χ3v) is 4.71. The highest BCUT2D eigenvalue weighted by Gasteiger charge is 2.37. The molecule has 0 amide bonds. The molecule has 20 heavy (non-hydrogen) atoms. The maximum atomic E-state index is 12.7. The number of hydrogen-bond acceptors (Lipinski definition) is 1. The molecule has 1 aromatic carbocycles. The van der Waals surface area contributed by atoms with E-state index in [4.69, 9.17) is 0 Å². The first kappa shape index (κ1) is 15.3. The SMILES string of the molecule is CC(C)Cc1ccc(C(=O)C2CCCCC2(C)C)cc1. The Balaban J connectivity index is 2.12. The smallest absolute Gasteiger partial charge is 0.166 e. The molecule has 1 nitrogen and oxygen atoms in total. The van der Waals surface area contributed by atoms with Crippen LogP contribution < -0.4 is 0 Å². The lowest BCUT2D eigenvalue weighted by atomic mass is 9.66. The summed E-state index contributed by atoms with van der Waals surface area (Å²) in [6.07, 6.45) is 5.78. The molecule has 1 aromatic rings. The fourth-order valence-electron chi connectivity index (χ4n) is 3.46. The van der Waals surface area contributed by atoms with Crippen molar-refractivity contribution >= 4 is 5.78 Å². The Morgan fingerprint density at radius 1 is 1.20 bits per heavy atom. The van der Waals surface area contributed by atoms with Crippen molar-refractivity contribution in [2.24, 2.45) is 17.3 Å². The lowest BCUT2D eigenvalue weighted by molar-refractivity contribution is 0.0697. The third kappa shape index (κ3) is 3.50. The molecule has 1 saturated carbocycles. The van der Waals surface area contributed by atoms with Crippen molar-refractivity contribution < 1.29 is 4.79 Å². The van der Waals surface area contributed by atoms with Crippen LogP contribution in [0.4, 0.5) is 0 Å². The van der Waals surface area contributed by atoms with Crippen LogP contribution >= 0.6 is 0 Å². The van der Waals surface area contributed by atoms with Gasteiger partial charge in [-0.25, -0.2) is 0 Å². The summed E-state index contributed by atoms with van der Waals surface area (Å²) in [5, 5.41) is 0. The van der Waals surface area contributed by atoms with E-state index in [1.54, 1.807) is 0 Å². The third-order valence-electron chi connectivity index (χ3n) is 4.71. The zero-order valence-electron chi connectivity index (χ0n) is 13.4. The maximum Gasteiger partial charge on any atom is 0.166 e. The average Bonchev–Trinajstić information content (AvgIpc) is 2.37. The van der Waals surface area contributed by atoms with Gasteiger partial charge in [0, 0.05) is 11.5 Å². The van der Waals surface area contributed by atoms with Gasteiger partial charge in [0.2, 0.25) is 0 Å². The number of ketones is 1. The second-order valence-corrected chi connectivity index (χ2v) is 7.45. The van der Waals surface area contributed by atoms with Crippen LogP contribution in [0.15, 0.2) is 24.3 Å². The predicted molar refractivity (Wildman–Crippen MR) is 85.1 cm³/mol. The van der Waals surface area contributed by atoms with Crippen molar-refractivity contribution in [1.82, 2.24) is 0 Å². The number of hydrogen-bond donors (Lipinski definition) is 0. The van der Waals surface area contributed by atoms with Crippen LogP contribution in [0.1, 0.15) is 69.3 Å². The zero-order valence-corrected chi connectivity index (χ0v) is 13.4. The molecule has 1 aliphatic rings. The highest BCUT2D eigenvalue weighted by atomic mass is 16.1. The van der Waals surface area contributed by atoms with Gasteiger partial charge < -0.3 is 0 Å². The summed E-state index contributed by atoms with van der Waals surface area (Å²) in [6, 6.07) is 8.32. The van der Waals surface area contributed by atoms with Crippen LogP contribution in [0.25, 0.3) is 0 Å². The van der Waals surface area contributed by atoms with Gasteiger partial charge in [0.15, 0.2) is 5.78 Å². The first-order chi connectivity index (χ1) is 9.40. The van der Waals surface area contributed by atoms with Crippen molar-refractivity contribution in [2.45, 2.75) is 59.8 Å². The molecule has 1 unspecified atom stereocenters. The molecule has 110 valence electrons. The molecule has 2 rings (SSSR count). The standard InChI is InChI=1S/C19H28O/c1-14(2)13-15-8-10-16(11-9-15)18(20)17-7-5-6-12-19(17,3)4/h8-11,14,17H,5-7,12-13H2,1-4H3. The molecule has 1 heteroatoms. The molecule has 1 fully saturated rings. The van der Waals surface area contributed by atoms with Crippen LogP contribution in [-0.4, -0.2) is 5.78 Å². The van der Waals surface area contributed by atoms with Gasteiger partial charge in [-0.15, -0.1) is 0 Å². The normalized spacial score (nSPS) is 21.9. The number of rotatable bonds is 4. The second-order valence-electron chi connectivity index (χ2n) is 7.45. The number of carbonyl (C=O) groups is 1. The van der Waals surface area contributed by atoms with Crippen LogP contribution in [0.2, 0.25) is 0 Å². The molecule has 1 atom stereocenters. The first-order valence-corrected chi connectivity index (χ1v) is 8.03. The van der Waals surface area contributed by atoms with E-state index in [-0.39, 0.29) is 11.3 Å². The molecule has 0 N–H and O–H groups in total. The van der Waals surface area contributed by atoms with E-state index in [0.717, 1.165) is 18.4 Å². The molecule has 0 saturated heterocycles. The summed E-state index contributed by atoms with van der Waals surface area (Å²) in [6.45, 7) is 8.96. The van der Waals surface area contributed by atoms with Crippen LogP contribution in [-0.2, 0) is 6.42 Å². The van der Waals surface area contributed by atoms with Crippen molar-refractivity contribution in [2.75, 3.05) is 0 Å². The van der Waals surface area contributed by atoms with Crippen molar-refractivity contribution in [3.8, 4) is 0 Å². The van der Waals surface area contributed by atoms with E-state index in [1.807, 2.05) is 12.1 Å². The molecule has 1 aliphatic carbocycles. The average molecular weight is 272 g/mol. The molecule has 0 aromatic heterocycles. The Bertz CT molecular complexity index is 453. The maximum absolute atomic E-state index is 12.7. The summed E-state index contributed by atoms with van der Waals surface area (Å²) in [7, 11) is 0.